The smallest absolute Gasteiger partial charge is 0.472 e. The number of benzene rings is 1. The molecule has 268 valence electrons. The summed E-state index contributed by atoms with van der Waals surface area (Å²) in [4.78, 5) is 22.3. The summed E-state index contributed by atoms with van der Waals surface area (Å²) in [5.74, 6) is 0.399. The Labute approximate surface area is 288 Å². The summed E-state index contributed by atoms with van der Waals surface area (Å²) >= 11 is 0. The average molecular weight is 688 g/mol. The van der Waals surface area contributed by atoms with E-state index in [-0.39, 0.29) is 32.8 Å². The highest BCUT2D eigenvalue weighted by Gasteiger charge is 2.25. The number of phosphoric ester groups is 1. The molecule has 0 aliphatic rings. The minimum absolute atomic E-state index is 0.0308. The molecule has 48 heavy (non-hydrogen) atoms. The molecule has 1 aromatic carbocycles. The van der Waals surface area contributed by atoms with Crippen LogP contribution in [0.15, 0.2) is 103 Å². The number of allylic oxidation sites excluding steroid dienone is 12. The molecular weight excluding hydrogens is 629 g/mol. The highest BCUT2D eigenvalue weighted by molar-refractivity contribution is 7.47. The summed E-state index contributed by atoms with van der Waals surface area (Å²) in [7, 11) is -4.32. The van der Waals surface area contributed by atoms with Crippen LogP contribution in [-0.4, -0.2) is 56.5 Å². The zero-order chi connectivity index (χ0) is 34.8. The number of phosphoric acid groups is 1. The van der Waals surface area contributed by atoms with Crippen molar-refractivity contribution >= 4 is 13.8 Å². The monoisotopic (exact) mass is 687 g/mol. The third kappa shape index (κ3) is 28.0. The van der Waals surface area contributed by atoms with Crippen LogP contribution in [-0.2, 0) is 27.9 Å². The molecule has 1 aromatic rings. The normalized spacial score (nSPS) is 14.3. The van der Waals surface area contributed by atoms with Crippen LogP contribution in [0.4, 0.5) is 0 Å². The van der Waals surface area contributed by atoms with Crippen LogP contribution in [0.3, 0.4) is 0 Å². The number of nitrogens with two attached hydrogens (primary N) is 1. The number of carbonyl (C=O) groups is 1. The van der Waals surface area contributed by atoms with E-state index in [0.29, 0.717) is 19.6 Å². The molecule has 0 saturated heterocycles. The predicted octanol–water partition coefficient (Wildman–Crippen LogP) is 8.73. The topological polar surface area (TPSA) is 127 Å². The third-order valence-corrected chi connectivity index (χ3v) is 7.44. The summed E-state index contributed by atoms with van der Waals surface area (Å²) in [6.07, 6.45) is 33.6. The van der Waals surface area contributed by atoms with Crippen LogP contribution in [0.5, 0.6) is 5.75 Å². The fraction of sp³-hybridized carbons (Fsp3) is 0.500. The molecule has 3 N–H and O–H groups in total. The van der Waals surface area contributed by atoms with E-state index in [1.807, 2.05) is 42.5 Å². The molecule has 0 bridgehead atoms. The first-order chi connectivity index (χ1) is 23.5. The van der Waals surface area contributed by atoms with Gasteiger partial charge in [-0.3, -0.25) is 13.8 Å². The van der Waals surface area contributed by atoms with Crippen molar-refractivity contribution in [2.45, 2.75) is 83.7 Å². The summed E-state index contributed by atoms with van der Waals surface area (Å²) in [5, 5.41) is 0. The Bertz CT molecular complexity index is 1150. The first-order valence-corrected chi connectivity index (χ1v) is 18.6. The summed E-state index contributed by atoms with van der Waals surface area (Å²) in [5.41, 5.74) is 5.33. The molecule has 2 atom stereocenters. The number of hydrogen-bond donors (Lipinski definition) is 2. The van der Waals surface area contributed by atoms with Crippen molar-refractivity contribution < 1.29 is 37.5 Å². The Morgan fingerprint density at radius 3 is 1.90 bits per heavy atom. The molecule has 0 saturated carbocycles. The lowest BCUT2D eigenvalue weighted by Crippen LogP contribution is -2.28. The van der Waals surface area contributed by atoms with E-state index in [9.17, 15) is 14.3 Å². The number of carbonyl (C=O) groups excluding carboxylic acids is 1. The first-order valence-electron chi connectivity index (χ1n) is 17.1. The molecule has 0 aliphatic carbocycles. The fourth-order valence-corrected chi connectivity index (χ4v) is 4.75. The van der Waals surface area contributed by atoms with E-state index in [1.165, 1.54) is 0 Å². The van der Waals surface area contributed by atoms with E-state index >= 15 is 0 Å². The molecule has 1 unspecified atom stereocenters. The van der Waals surface area contributed by atoms with Gasteiger partial charge in [-0.05, 0) is 76.3 Å². The van der Waals surface area contributed by atoms with Crippen LogP contribution in [0.25, 0.3) is 0 Å². The minimum atomic E-state index is -4.32. The van der Waals surface area contributed by atoms with Crippen LogP contribution >= 0.6 is 7.82 Å². The first kappa shape index (κ1) is 43.0. The SMILES string of the molecule is CC/C=C\C/C=C\C/C=C\C/C=C\C/C=C\C/C=C\CCC(=O)O[C@H](COCCCCCOc1ccccc1)COP(=O)(O)OCCN. The Hall–Kier alpha value is -3.04. The van der Waals surface area contributed by atoms with Gasteiger partial charge in [0.05, 0.1) is 26.4 Å². The lowest BCUT2D eigenvalue weighted by molar-refractivity contribution is -0.154. The van der Waals surface area contributed by atoms with Crippen LogP contribution in [0.1, 0.15) is 77.6 Å². The van der Waals surface area contributed by atoms with E-state index in [0.717, 1.165) is 63.5 Å². The van der Waals surface area contributed by atoms with E-state index in [1.54, 1.807) is 0 Å². The van der Waals surface area contributed by atoms with Crippen LogP contribution in [0.2, 0.25) is 0 Å². The van der Waals surface area contributed by atoms with Gasteiger partial charge < -0.3 is 24.8 Å². The lowest BCUT2D eigenvalue weighted by atomic mass is 10.2. The maximum absolute atomic E-state index is 12.5. The molecule has 9 nitrogen and oxygen atoms in total. The lowest BCUT2D eigenvalue weighted by Gasteiger charge is -2.20. The number of ether oxygens (including phenoxy) is 3. The zero-order valence-corrected chi connectivity index (χ0v) is 29.6. The van der Waals surface area contributed by atoms with Gasteiger partial charge in [0.1, 0.15) is 11.9 Å². The van der Waals surface area contributed by atoms with E-state index in [4.69, 9.17) is 29.0 Å². The third-order valence-electron chi connectivity index (χ3n) is 6.45. The molecular formula is C38H58NO8P. The zero-order valence-electron chi connectivity index (χ0n) is 28.7. The molecule has 10 heteroatoms. The molecule has 0 amide bonds. The van der Waals surface area contributed by atoms with Gasteiger partial charge in [-0.25, -0.2) is 4.57 Å². The van der Waals surface area contributed by atoms with Gasteiger partial charge in [0.15, 0.2) is 0 Å². The molecule has 0 fully saturated rings. The summed E-state index contributed by atoms with van der Waals surface area (Å²) in [6, 6.07) is 9.65. The number of unbranched alkanes of at least 4 members (excludes halogenated alkanes) is 2. The average Bonchev–Trinajstić information content (AvgIpc) is 3.08. The van der Waals surface area contributed by atoms with Crippen molar-refractivity contribution in [3.8, 4) is 5.75 Å². The molecule has 1 rings (SSSR count). The van der Waals surface area contributed by atoms with Gasteiger partial charge in [0.2, 0.25) is 0 Å². The Morgan fingerprint density at radius 1 is 0.750 bits per heavy atom. The molecule has 0 radical (unpaired) electrons. The van der Waals surface area contributed by atoms with Gasteiger partial charge >= 0.3 is 13.8 Å². The Balaban J connectivity index is 2.26. The summed E-state index contributed by atoms with van der Waals surface area (Å²) in [6.45, 7) is 2.83. The highest BCUT2D eigenvalue weighted by atomic mass is 31.2. The Kier molecular flexibility index (Phi) is 28.0. The molecule has 0 spiro atoms. The largest absolute Gasteiger partial charge is 0.494 e. The van der Waals surface area contributed by atoms with E-state index < -0.39 is 19.9 Å². The van der Waals surface area contributed by atoms with Crippen LogP contribution in [0, 0.1) is 0 Å². The van der Waals surface area contributed by atoms with Crippen LogP contribution < -0.4 is 10.5 Å². The second-order valence-electron chi connectivity index (χ2n) is 10.7. The summed E-state index contributed by atoms with van der Waals surface area (Å²) < 4.78 is 38.7. The van der Waals surface area contributed by atoms with Crippen molar-refractivity contribution in [3.05, 3.63) is 103 Å². The second kappa shape index (κ2) is 31.2. The van der Waals surface area contributed by atoms with Gasteiger partial charge in [-0.1, -0.05) is 98.0 Å². The van der Waals surface area contributed by atoms with Gasteiger partial charge in [0, 0.05) is 19.6 Å². The number of rotatable bonds is 30. The molecule has 0 heterocycles. The van der Waals surface area contributed by atoms with Crippen molar-refractivity contribution in [3.63, 3.8) is 0 Å². The van der Waals surface area contributed by atoms with Gasteiger partial charge in [-0.15, -0.1) is 0 Å². The van der Waals surface area contributed by atoms with Gasteiger partial charge in [0.25, 0.3) is 0 Å². The Morgan fingerprint density at radius 2 is 1.31 bits per heavy atom. The van der Waals surface area contributed by atoms with E-state index in [2.05, 4.69) is 67.7 Å². The fourth-order valence-electron chi connectivity index (χ4n) is 3.99. The molecule has 0 aromatic heterocycles. The maximum atomic E-state index is 12.5. The second-order valence-corrected chi connectivity index (χ2v) is 12.2. The van der Waals surface area contributed by atoms with Crippen molar-refractivity contribution in [1.29, 1.82) is 0 Å². The van der Waals surface area contributed by atoms with Crippen molar-refractivity contribution in [2.24, 2.45) is 5.73 Å². The minimum Gasteiger partial charge on any atom is -0.494 e. The number of esters is 1. The standard InChI is InChI=1S/C38H58NO8P/c1-2-3-4-5-6-7-8-9-10-11-12-13-14-15-16-17-18-19-24-29-38(40)47-37(35-46-48(41,42)45-33-30-39)34-43-31-25-21-26-32-44-36-27-22-20-23-28-36/h3-4,6-7,9-10,12-13,15-16,18-20,22-23,27-28,37H,2,5,8,11,14,17,21,24-26,29-35,39H2,1H3,(H,41,42)/b4-3-,7-6-,10-9-,13-12-,16-15-,19-18-/t37-/m1/s1. The maximum Gasteiger partial charge on any atom is 0.472 e. The van der Waals surface area contributed by atoms with Crippen molar-refractivity contribution in [1.82, 2.24) is 0 Å². The highest BCUT2D eigenvalue weighted by Crippen LogP contribution is 2.43. The van der Waals surface area contributed by atoms with Gasteiger partial charge in [-0.2, -0.15) is 0 Å². The quantitative estimate of drug-likeness (QED) is 0.0353. The van der Waals surface area contributed by atoms with Crippen molar-refractivity contribution in [2.75, 3.05) is 39.6 Å². The number of hydrogen-bond acceptors (Lipinski definition) is 8. The molecule has 0 aliphatic heterocycles. The number of para-hydroxylation sites is 1. The predicted molar refractivity (Wildman–Crippen MR) is 195 cm³/mol.